The van der Waals surface area contributed by atoms with Crippen molar-refractivity contribution in [2.45, 2.75) is 26.7 Å². The Labute approximate surface area is 123 Å². The van der Waals surface area contributed by atoms with E-state index in [9.17, 15) is 4.79 Å². The van der Waals surface area contributed by atoms with Gasteiger partial charge in [-0.1, -0.05) is 35.8 Å². The number of carbonyl (C=O) groups is 1. The normalized spacial score (nSPS) is 10.9. The summed E-state index contributed by atoms with van der Waals surface area (Å²) in [6, 6.07) is 5.92. The molecular formula is C15H20BrNO2. The highest BCUT2D eigenvalue weighted by atomic mass is 79.9. The molecule has 0 aliphatic carbocycles. The van der Waals surface area contributed by atoms with Gasteiger partial charge in [0.05, 0.1) is 0 Å². The van der Waals surface area contributed by atoms with Crippen molar-refractivity contribution in [1.82, 2.24) is 0 Å². The molecule has 0 aromatic heterocycles. The quantitative estimate of drug-likeness (QED) is 0.765. The topological polar surface area (TPSA) is 40.5 Å². The fraction of sp³-hybridized carbons (Fsp3) is 0.400. The van der Waals surface area contributed by atoms with Gasteiger partial charge in [-0.15, -0.1) is 0 Å². The number of nitrogens with zero attached hydrogens (tertiary/aromatic N) is 1. The molecule has 0 heterocycles. The minimum Gasteiger partial charge on any atom is -0.478 e. The van der Waals surface area contributed by atoms with Gasteiger partial charge < -0.3 is 10.0 Å². The summed E-state index contributed by atoms with van der Waals surface area (Å²) in [6.45, 7) is 6.23. The Morgan fingerprint density at radius 3 is 2.47 bits per heavy atom. The number of hydrogen-bond acceptors (Lipinski definition) is 2. The van der Waals surface area contributed by atoms with Crippen molar-refractivity contribution in [3.63, 3.8) is 0 Å². The Balaban J connectivity index is 3.13. The first-order valence-electron chi connectivity index (χ1n) is 6.54. The van der Waals surface area contributed by atoms with Crippen LogP contribution in [-0.4, -0.2) is 24.2 Å². The largest absolute Gasteiger partial charge is 0.478 e. The molecule has 19 heavy (non-hydrogen) atoms. The summed E-state index contributed by atoms with van der Waals surface area (Å²) in [7, 11) is 0. The van der Waals surface area contributed by atoms with Crippen molar-refractivity contribution in [1.29, 1.82) is 0 Å². The smallest absolute Gasteiger partial charge is 0.328 e. The summed E-state index contributed by atoms with van der Waals surface area (Å²) in [5, 5.41) is 8.76. The molecule has 1 aromatic rings. The van der Waals surface area contributed by atoms with Gasteiger partial charge in [-0.2, -0.15) is 0 Å². The van der Waals surface area contributed by atoms with Crippen LogP contribution in [0.2, 0.25) is 0 Å². The molecule has 0 radical (unpaired) electrons. The summed E-state index contributed by atoms with van der Waals surface area (Å²) >= 11 is 3.48. The molecule has 0 aliphatic heterocycles. The van der Waals surface area contributed by atoms with Gasteiger partial charge >= 0.3 is 5.97 Å². The lowest BCUT2D eigenvalue weighted by molar-refractivity contribution is -0.131. The van der Waals surface area contributed by atoms with E-state index >= 15 is 0 Å². The molecule has 3 nitrogen and oxygen atoms in total. The molecule has 0 fully saturated rings. The summed E-state index contributed by atoms with van der Waals surface area (Å²) in [4.78, 5) is 13.0. The summed E-state index contributed by atoms with van der Waals surface area (Å²) in [5.74, 6) is -0.925. The highest BCUT2D eigenvalue weighted by molar-refractivity contribution is 9.10. The Bertz CT molecular complexity index is 451. The Morgan fingerprint density at radius 1 is 1.32 bits per heavy atom. The second kappa shape index (κ2) is 8.00. The van der Waals surface area contributed by atoms with Gasteiger partial charge in [-0.25, -0.2) is 4.79 Å². The molecule has 0 atom stereocenters. The Kier molecular flexibility index (Phi) is 6.64. The number of rotatable bonds is 7. The fourth-order valence-electron chi connectivity index (χ4n) is 1.99. The van der Waals surface area contributed by atoms with Crippen LogP contribution in [0.25, 0.3) is 6.08 Å². The van der Waals surface area contributed by atoms with Crippen molar-refractivity contribution < 1.29 is 9.90 Å². The lowest BCUT2D eigenvalue weighted by atomic mass is 10.1. The van der Waals surface area contributed by atoms with E-state index in [1.807, 2.05) is 18.2 Å². The zero-order valence-corrected chi connectivity index (χ0v) is 13.0. The van der Waals surface area contributed by atoms with Crippen LogP contribution in [0.3, 0.4) is 0 Å². The second-order valence-corrected chi connectivity index (χ2v) is 5.28. The van der Waals surface area contributed by atoms with Crippen molar-refractivity contribution >= 4 is 33.7 Å². The van der Waals surface area contributed by atoms with Crippen LogP contribution in [-0.2, 0) is 4.79 Å². The maximum Gasteiger partial charge on any atom is 0.328 e. The molecule has 1 N–H and O–H groups in total. The molecule has 1 aromatic carbocycles. The molecule has 0 aliphatic rings. The molecule has 0 bridgehead atoms. The number of anilines is 1. The minimum absolute atomic E-state index is 0.925. The van der Waals surface area contributed by atoms with Gasteiger partial charge in [0.25, 0.3) is 0 Å². The van der Waals surface area contributed by atoms with Crippen molar-refractivity contribution in [2.24, 2.45) is 0 Å². The Morgan fingerprint density at radius 2 is 1.95 bits per heavy atom. The first-order chi connectivity index (χ1) is 9.08. The van der Waals surface area contributed by atoms with Gasteiger partial charge in [0.2, 0.25) is 0 Å². The summed E-state index contributed by atoms with van der Waals surface area (Å²) in [5.41, 5.74) is 2.02. The lowest BCUT2D eigenvalue weighted by Crippen LogP contribution is -2.25. The third-order valence-corrected chi connectivity index (χ3v) is 3.22. The van der Waals surface area contributed by atoms with Gasteiger partial charge in [-0.05, 0) is 36.6 Å². The second-order valence-electron chi connectivity index (χ2n) is 4.36. The highest BCUT2D eigenvalue weighted by Crippen LogP contribution is 2.27. The number of halogens is 1. The monoisotopic (exact) mass is 325 g/mol. The molecule has 104 valence electrons. The average molecular weight is 326 g/mol. The van der Waals surface area contributed by atoms with E-state index in [4.69, 9.17) is 5.11 Å². The first kappa shape index (κ1) is 15.8. The van der Waals surface area contributed by atoms with Crippen LogP contribution >= 0.6 is 15.9 Å². The van der Waals surface area contributed by atoms with Gasteiger partial charge in [0, 0.05) is 29.3 Å². The molecule has 0 unspecified atom stereocenters. The maximum atomic E-state index is 10.7. The van der Waals surface area contributed by atoms with Crippen molar-refractivity contribution in [2.75, 3.05) is 18.0 Å². The number of aliphatic carboxylic acids is 1. The van der Waals surface area contributed by atoms with Gasteiger partial charge in [-0.3, -0.25) is 0 Å². The summed E-state index contributed by atoms with van der Waals surface area (Å²) in [6.07, 6.45) is 4.97. The van der Waals surface area contributed by atoms with Crippen LogP contribution in [0.15, 0.2) is 28.7 Å². The van der Waals surface area contributed by atoms with Crippen LogP contribution in [0.5, 0.6) is 0 Å². The predicted molar refractivity (Wildman–Crippen MR) is 83.6 cm³/mol. The van der Waals surface area contributed by atoms with E-state index in [1.165, 1.54) is 6.08 Å². The van der Waals surface area contributed by atoms with Crippen LogP contribution in [0.4, 0.5) is 5.69 Å². The van der Waals surface area contributed by atoms with Gasteiger partial charge in [0.15, 0.2) is 0 Å². The van der Waals surface area contributed by atoms with Crippen LogP contribution in [0.1, 0.15) is 32.3 Å². The van der Waals surface area contributed by atoms with E-state index in [-0.39, 0.29) is 0 Å². The third kappa shape index (κ3) is 5.07. The maximum absolute atomic E-state index is 10.7. The van der Waals surface area contributed by atoms with E-state index in [1.54, 1.807) is 6.08 Å². The minimum atomic E-state index is -0.925. The van der Waals surface area contributed by atoms with Crippen molar-refractivity contribution in [3.05, 3.63) is 34.3 Å². The standard InChI is InChI=1S/C15H20BrNO2/c1-3-9-17(10-4-2)14-11-13(16)7-5-12(14)6-8-15(18)19/h5-8,11H,3-4,9-10H2,1-2H3,(H,18,19)/b8-6+. The van der Waals surface area contributed by atoms with Crippen LogP contribution in [0, 0.1) is 0 Å². The number of hydrogen-bond donors (Lipinski definition) is 1. The number of carboxylic acids is 1. The lowest BCUT2D eigenvalue weighted by Gasteiger charge is -2.26. The SMILES string of the molecule is CCCN(CCC)c1cc(Br)ccc1/C=C/C(=O)O. The van der Waals surface area contributed by atoms with Gasteiger partial charge in [0.1, 0.15) is 0 Å². The molecule has 0 amide bonds. The summed E-state index contributed by atoms with van der Waals surface area (Å²) < 4.78 is 1.01. The van der Waals surface area contributed by atoms with E-state index in [0.717, 1.165) is 41.7 Å². The highest BCUT2D eigenvalue weighted by Gasteiger charge is 2.09. The predicted octanol–water partition coefficient (Wildman–Crippen LogP) is 4.17. The third-order valence-electron chi connectivity index (χ3n) is 2.73. The molecule has 4 heteroatoms. The molecule has 1 rings (SSSR count). The first-order valence-corrected chi connectivity index (χ1v) is 7.33. The molecule has 0 saturated carbocycles. The molecular weight excluding hydrogens is 306 g/mol. The molecule has 0 spiro atoms. The Hall–Kier alpha value is -1.29. The fourth-order valence-corrected chi connectivity index (χ4v) is 2.33. The number of benzene rings is 1. The zero-order valence-electron chi connectivity index (χ0n) is 11.4. The zero-order chi connectivity index (χ0) is 14.3. The molecule has 0 saturated heterocycles. The van der Waals surface area contributed by atoms with Crippen molar-refractivity contribution in [3.8, 4) is 0 Å². The van der Waals surface area contributed by atoms with E-state index < -0.39 is 5.97 Å². The average Bonchev–Trinajstić information content (AvgIpc) is 2.37. The number of carboxylic acid groups (broad SMARTS) is 1. The van der Waals surface area contributed by atoms with E-state index in [0.29, 0.717) is 0 Å². The van der Waals surface area contributed by atoms with Crippen LogP contribution < -0.4 is 4.90 Å². The van der Waals surface area contributed by atoms with E-state index in [2.05, 4.69) is 34.7 Å².